The Balaban J connectivity index is 1.13. The molecule has 0 saturated heterocycles. The SMILES string of the molecule is N#Cc1ccc2c(c1)C1(c3cc(C#N)ccc3-c3ccc(N(c4ccccc4)c4ccccc4)cc31)c1cc(-c3ccc(N(c4ccccc4)c4ccccc4)cc3)ccc1-2. The molecule has 0 fully saturated rings. The summed E-state index contributed by atoms with van der Waals surface area (Å²) in [6.07, 6.45) is 0. The molecule has 1 unspecified atom stereocenters. The number of hydrogen-bond donors (Lipinski definition) is 0. The number of fused-ring (bicyclic) bond motifs is 10. The van der Waals surface area contributed by atoms with Crippen molar-refractivity contribution in [3.63, 3.8) is 0 Å². The molecule has 4 heteroatoms. The lowest BCUT2D eigenvalue weighted by Gasteiger charge is -2.32. The molecule has 0 aliphatic heterocycles. The van der Waals surface area contributed by atoms with Crippen LogP contribution in [0.1, 0.15) is 33.4 Å². The van der Waals surface area contributed by atoms with E-state index >= 15 is 0 Å². The predicted octanol–water partition coefficient (Wildman–Crippen LogP) is 14.4. The van der Waals surface area contributed by atoms with Gasteiger partial charge < -0.3 is 9.80 Å². The summed E-state index contributed by atoms with van der Waals surface area (Å²) in [4.78, 5) is 4.57. The van der Waals surface area contributed by atoms with Gasteiger partial charge in [0.25, 0.3) is 0 Å². The Morgan fingerprint density at radius 3 is 1.07 bits per heavy atom. The normalized spacial score (nSPS) is 13.9. The Bertz CT molecular complexity index is 3100. The molecular formula is C57H36N4. The average Bonchev–Trinajstić information content (AvgIpc) is 3.79. The van der Waals surface area contributed by atoms with Crippen molar-refractivity contribution in [1.82, 2.24) is 0 Å². The van der Waals surface area contributed by atoms with Crippen LogP contribution in [0, 0.1) is 22.7 Å². The number of anilines is 6. The third-order valence-corrected chi connectivity index (χ3v) is 12.3. The standard InChI is InChI=1S/C57H36N4/c58-37-39-21-29-49-51-31-25-42(41-23-26-47(27-24-41)60(43-13-5-1-6-14-43)44-15-7-2-8-16-44)35-55(51)57(53(49)33-39)54-34-40(38-59)22-30-50(54)52-32-28-48(36-56(52)57)61(45-17-9-3-10-18-45)46-19-11-4-12-20-46/h1-36H. The third-order valence-electron chi connectivity index (χ3n) is 12.3. The van der Waals surface area contributed by atoms with E-state index in [2.05, 4.69) is 204 Å². The molecule has 284 valence electrons. The number of rotatable bonds is 7. The molecule has 9 aromatic carbocycles. The highest BCUT2D eigenvalue weighted by Gasteiger charge is 2.52. The first kappa shape index (κ1) is 35.7. The molecule has 11 rings (SSSR count). The summed E-state index contributed by atoms with van der Waals surface area (Å²) in [7, 11) is 0. The first-order valence-corrected chi connectivity index (χ1v) is 20.5. The Morgan fingerprint density at radius 2 is 0.623 bits per heavy atom. The monoisotopic (exact) mass is 776 g/mol. The molecule has 0 N–H and O–H groups in total. The molecule has 2 aliphatic rings. The van der Waals surface area contributed by atoms with Crippen LogP contribution in [0.4, 0.5) is 34.1 Å². The van der Waals surface area contributed by atoms with Crippen molar-refractivity contribution in [2.45, 2.75) is 5.41 Å². The molecule has 0 saturated carbocycles. The van der Waals surface area contributed by atoms with Crippen LogP contribution in [0.5, 0.6) is 0 Å². The largest absolute Gasteiger partial charge is 0.311 e. The Labute approximate surface area is 355 Å². The number of hydrogen-bond acceptors (Lipinski definition) is 4. The van der Waals surface area contributed by atoms with E-state index in [0.717, 1.165) is 89.8 Å². The van der Waals surface area contributed by atoms with Crippen LogP contribution in [0.3, 0.4) is 0 Å². The van der Waals surface area contributed by atoms with Crippen LogP contribution in [0.15, 0.2) is 218 Å². The van der Waals surface area contributed by atoms with Gasteiger partial charge in [0.15, 0.2) is 0 Å². The summed E-state index contributed by atoms with van der Waals surface area (Å²) in [5.74, 6) is 0. The number of benzene rings is 9. The smallest absolute Gasteiger partial charge is 0.0991 e. The minimum absolute atomic E-state index is 0.598. The van der Waals surface area contributed by atoms with Gasteiger partial charge in [-0.15, -0.1) is 0 Å². The first-order chi connectivity index (χ1) is 30.1. The van der Waals surface area contributed by atoms with Crippen LogP contribution in [0.25, 0.3) is 33.4 Å². The lowest BCUT2D eigenvalue weighted by atomic mass is 9.69. The molecule has 0 aromatic heterocycles. The van der Waals surface area contributed by atoms with Gasteiger partial charge in [-0.25, -0.2) is 0 Å². The number of nitrogens with zero attached hydrogens (tertiary/aromatic N) is 4. The van der Waals surface area contributed by atoms with Gasteiger partial charge in [-0.1, -0.05) is 115 Å². The minimum atomic E-state index is -0.808. The summed E-state index contributed by atoms with van der Waals surface area (Å²) < 4.78 is 0. The number of nitriles is 2. The van der Waals surface area contributed by atoms with Crippen molar-refractivity contribution in [1.29, 1.82) is 10.5 Å². The Morgan fingerprint density at radius 1 is 0.295 bits per heavy atom. The second kappa shape index (κ2) is 14.4. The maximum absolute atomic E-state index is 10.4. The van der Waals surface area contributed by atoms with Crippen LogP contribution in [-0.4, -0.2) is 0 Å². The van der Waals surface area contributed by atoms with Crippen LogP contribution in [0.2, 0.25) is 0 Å². The van der Waals surface area contributed by atoms with Gasteiger partial charge >= 0.3 is 0 Å². The van der Waals surface area contributed by atoms with Gasteiger partial charge in [0, 0.05) is 34.1 Å². The van der Waals surface area contributed by atoms with Crippen LogP contribution in [-0.2, 0) is 5.41 Å². The topological polar surface area (TPSA) is 54.1 Å². The third kappa shape index (κ3) is 5.66. The van der Waals surface area contributed by atoms with Crippen molar-refractivity contribution in [3.8, 4) is 45.5 Å². The Kier molecular flexibility index (Phi) is 8.45. The van der Waals surface area contributed by atoms with E-state index in [9.17, 15) is 10.5 Å². The summed E-state index contributed by atoms with van der Waals surface area (Å²) in [6.45, 7) is 0. The van der Waals surface area contributed by atoms with Gasteiger partial charge in [0.05, 0.1) is 28.7 Å². The zero-order valence-corrected chi connectivity index (χ0v) is 33.1. The lowest BCUT2D eigenvalue weighted by molar-refractivity contribution is 0.793. The highest BCUT2D eigenvalue weighted by atomic mass is 15.1. The Hall–Kier alpha value is -8.44. The fourth-order valence-corrected chi connectivity index (χ4v) is 9.68. The molecule has 1 atom stereocenters. The predicted molar refractivity (Wildman–Crippen MR) is 247 cm³/mol. The molecule has 0 radical (unpaired) electrons. The molecule has 0 amide bonds. The maximum atomic E-state index is 10.4. The molecule has 0 bridgehead atoms. The minimum Gasteiger partial charge on any atom is -0.311 e. The first-order valence-electron chi connectivity index (χ1n) is 20.5. The van der Waals surface area contributed by atoms with Gasteiger partial charge in [0.2, 0.25) is 0 Å². The van der Waals surface area contributed by atoms with Gasteiger partial charge in [-0.3, -0.25) is 0 Å². The van der Waals surface area contributed by atoms with E-state index < -0.39 is 5.41 Å². The molecular weight excluding hydrogens is 741 g/mol. The molecule has 1 spiro atoms. The van der Waals surface area contributed by atoms with Gasteiger partial charge in [0.1, 0.15) is 0 Å². The highest BCUT2D eigenvalue weighted by Crippen LogP contribution is 2.64. The van der Waals surface area contributed by atoms with Crippen molar-refractivity contribution in [3.05, 3.63) is 252 Å². The van der Waals surface area contributed by atoms with E-state index in [1.165, 1.54) is 0 Å². The lowest BCUT2D eigenvalue weighted by Crippen LogP contribution is -2.26. The summed E-state index contributed by atoms with van der Waals surface area (Å²) in [5.41, 5.74) is 17.7. The molecule has 4 nitrogen and oxygen atoms in total. The van der Waals surface area contributed by atoms with E-state index in [1.807, 2.05) is 36.4 Å². The molecule has 0 heterocycles. The maximum Gasteiger partial charge on any atom is 0.0991 e. The van der Waals surface area contributed by atoms with Crippen LogP contribution >= 0.6 is 0 Å². The quantitative estimate of drug-likeness (QED) is 0.162. The van der Waals surface area contributed by atoms with Crippen molar-refractivity contribution >= 4 is 34.1 Å². The van der Waals surface area contributed by atoms with Gasteiger partial charge in [-0.05, 0) is 159 Å². The second-order valence-corrected chi connectivity index (χ2v) is 15.5. The molecule has 61 heavy (non-hydrogen) atoms. The fourth-order valence-electron chi connectivity index (χ4n) is 9.68. The van der Waals surface area contributed by atoms with Crippen molar-refractivity contribution in [2.75, 3.05) is 9.80 Å². The number of para-hydroxylation sites is 4. The fraction of sp³-hybridized carbons (Fsp3) is 0.0175. The zero-order chi connectivity index (χ0) is 40.9. The van der Waals surface area contributed by atoms with E-state index in [1.54, 1.807) is 0 Å². The molecule has 2 aliphatic carbocycles. The van der Waals surface area contributed by atoms with E-state index in [0.29, 0.717) is 11.1 Å². The summed E-state index contributed by atoms with van der Waals surface area (Å²) in [5, 5.41) is 20.7. The molecule has 9 aromatic rings. The van der Waals surface area contributed by atoms with Crippen molar-refractivity contribution < 1.29 is 0 Å². The summed E-state index contributed by atoms with van der Waals surface area (Å²) in [6, 6.07) is 81.3. The van der Waals surface area contributed by atoms with Gasteiger partial charge in [-0.2, -0.15) is 10.5 Å². The average molecular weight is 777 g/mol. The van der Waals surface area contributed by atoms with E-state index in [4.69, 9.17) is 0 Å². The zero-order valence-electron chi connectivity index (χ0n) is 33.1. The van der Waals surface area contributed by atoms with E-state index in [-0.39, 0.29) is 0 Å². The highest BCUT2D eigenvalue weighted by molar-refractivity contribution is 5.98. The summed E-state index contributed by atoms with van der Waals surface area (Å²) >= 11 is 0. The van der Waals surface area contributed by atoms with Crippen LogP contribution < -0.4 is 9.80 Å². The second-order valence-electron chi connectivity index (χ2n) is 15.5. The van der Waals surface area contributed by atoms with Crippen molar-refractivity contribution in [2.24, 2.45) is 0 Å².